The molecule has 10 nitrogen and oxygen atoms in total. The molecular formula is C20H28FN7O3. The van der Waals surface area contributed by atoms with Gasteiger partial charge in [0.05, 0.1) is 5.69 Å². The number of nitrogens with two attached hydrogens (primary N) is 1. The number of hydrogen-bond acceptors (Lipinski definition) is 7. The summed E-state index contributed by atoms with van der Waals surface area (Å²) in [5.74, 6) is 0.202. The Balaban J connectivity index is 1.61. The Morgan fingerprint density at radius 1 is 1.23 bits per heavy atom. The average Bonchev–Trinajstić information content (AvgIpc) is 2.99. The summed E-state index contributed by atoms with van der Waals surface area (Å²) in [5.41, 5.74) is 5.92. The zero-order valence-electron chi connectivity index (χ0n) is 17.3. The summed E-state index contributed by atoms with van der Waals surface area (Å²) in [6, 6.07) is 5.79. The molecule has 0 atom stereocenters. The number of H-pyrrole nitrogens is 1. The van der Waals surface area contributed by atoms with Crippen LogP contribution >= 0.6 is 0 Å². The lowest BCUT2D eigenvalue weighted by atomic mass is 10.3. The number of rotatable bonds is 8. The lowest BCUT2D eigenvalue weighted by molar-refractivity contribution is 0.192. The Kier molecular flexibility index (Phi) is 8.19. The Morgan fingerprint density at radius 3 is 2.84 bits per heavy atom. The molecule has 2 heterocycles. The van der Waals surface area contributed by atoms with Gasteiger partial charge in [0.1, 0.15) is 11.4 Å². The monoisotopic (exact) mass is 433 g/mol. The molecule has 168 valence electrons. The van der Waals surface area contributed by atoms with E-state index in [4.69, 9.17) is 10.5 Å². The summed E-state index contributed by atoms with van der Waals surface area (Å²) < 4.78 is 17.3. The fraction of sp³-hybridized carbons (Fsp3) is 0.450. The molecule has 1 aromatic heterocycles. The number of carbonyl (C=O) groups is 1. The molecule has 2 aromatic rings. The molecule has 0 bridgehead atoms. The van der Waals surface area contributed by atoms with Gasteiger partial charge >= 0.3 is 6.03 Å². The summed E-state index contributed by atoms with van der Waals surface area (Å²) in [6.45, 7) is 3.89. The van der Waals surface area contributed by atoms with Crippen LogP contribution in [0.1, 0.15) is 12.8 Å². The molecule has 5 N–H and O–H groups in total. The van der Waals surface area contributed by atoms with Crippen LogP contribution in [0.4, 0.5) is 26.5 Å². The summed E-state index contributed by atoms with van der Waals surface area (Å²) in [7, 11) is 0. The van der Waals surface area contributed by atoms with Gasteiger partial charge in [0.25, 0.3) is 5.56 Å². The largest absolute Gasteiger partial charge is 0.461 e. The Bertz CT molecular complexity index is 924. The average molecular weight is 433 g/mol. The molecule has 0 saturated carbocycles. The van der Waals surface area contributed by atoms with Crippen LogP contribution in [0, 0.1) is 0 Å². The number of carbonyl (C=O) groups excluding carboxylic acids is 1. The van der Waals surface area contributed by atoms with Crippen LogP contribution in [0.15, 0.2) is 35.3 Å². The van der Waals surface area contributed by atoms with Crippen molar-refractivity contribution in [3.8, 4) is 5.75 Å². The van der Waals surface area contributed by atoms with Crippen LogP contribution in [0.2, 0.25) is 0 Å². The number of alkyl halides is 1. The number of nitrogens with zero attached hydrogens (tertiary/aromatic N) is 3. The molecule has 1 aliphatic heterocycles. The highest BCUT2D eigenvalue weighted by Gasteiger charge is 2.18. The van der Waals surface area contributed by atoms with Gasteiger partial charge in [0.15, 0.2) is 0 Å². The van der Waals surface area contributed by atoms with Gasteiger partial charge in [-0.3, -0.25) is 10.1 Å². The lowest BCUT2D eigenvalue weighted by Gasteiger charge is -2.22. The number of anilines is 3. The molecule has 11 heteroatoms. The van der Waals surface area contributed by atoms with Gasteiger partial charge in [0, 0.05) is 25.8 Å². The molecule has 1 saturated heterocycles. The van der Waals surface area contributed by atoms with E-state index in [0.717, 1.165) is 39.0 Å². The number of nitrogens with one attached hydrogen (secondary N) is 3. The van der Waals surface area contributed by atoms with Crippen LogP contribution in [0.3, 0.4) is 0 Å². The van der Waals surface area contributed by atoms with Crippen molar-refractivity contribution in [1.82, 2.24) is 14.9 Å². The van der Waals surface area contributed by atoms with Gasteiger partial charge in [-0.15, -0.1) is 0 Å². The number of benzene rings is 1. The first-order chi connectivity index (χ1) is 15.1. The molecule has 0 aliphatic carbocycles. The first-order valence-corrected chi connectivity index (χ1v) is 10.2. The molecule has 1 aliphatic rings. The third kappa shape index (κ3) is 6.40. The van der Waals surface area contributed by atoms with E-state index >= 15 is 0 Å². The maximum atomic E-state index is 12.5. The fourth-order valence-electron chi connectivity index (χ4n) is 3.45. The zero-order valence-corrected chi connectivity index (χ0v) is 17.3. The fourth-order valence-corrected chi connectivity index (χ4v) is 3.45. The normalized spacial score (nSPS) is 14.7. The topological polar surface area (TPSA) is 129 Å². The highest BCUT2D eigenvalue weighted by atomic mass is 19.1. The van der Waals surface area contributed by atoms with E-state index in [1.54, 1.807) is 24.4 Å². The van der Waals surface area contributed by atoms with Crippen molar-refractivity contribution in [2.45, 2.75) is 12.8 Å². The minimum Gasteiger partial charge on any atom is -0.461 e. The van der Waals surface area contributed by atoms with E-state index in [-0.39, 0.29) is 11.7 Å². The second-order valence-electron chi connectivity index (χ2n) is 7.09. The number of para-hydroxylation sites is 2. The van der Waals surface area contributed by atoms with E-state index in [1.165, 1.54) is 6.07 Å². The van der Waals surface area contributed by atoms with E-state index in [0.29, 0.717) is 24.5 Å². The molecule has 1 fully saturated rings. The van der Waals surface area contributed by atoms with E-state index in [9.17, 15) is 14.0 Å². The smallest absolute Gasteiger partial charge is 0.326 e. The Labute approximate surface area is 179 Å². The van der Waals surface area contributed by atoms with Gasteiger partial charge < -0.3 is 30.6 Å². The summed E-state index contributed by atoms with van der Waals surface area (Å²) in [5, 5.41) is 5.01. The van der Waals surface area contributed by atoms with Crippen molar-refractivity contribution in [1.29, 1.82) is 0 Å². The molecular weight excluding hydrogens is 405 g/mol. The number of halogens is 1. The molecule has 31 heavy (non-hydrogen) atoms. The van der Waals surface area contributed by atoms with Crippen molar-refractivity contribution >= 4 is 23.4 Å². The first-order valence-electron chi connectivity index (χ1n) is 10.2. The number of ether oxygens (including phenoxy) is 1. The first kappa shape index (κ1) is 22.5. The number of aromatic nitrogens is 2. The van der Waals surface area contributed by atoms with Gasteiger partial charge in [-0.2, -0.15) is 4.98 Å². The van der Waals surface area contributed by atoms with Crippen molar-refractivity contribution in [3.05, 3.63) is 40.8 Å². The quantitative estimate of drug-likeness (QED) is 0.497. The van der Waals surface area contributed by atoms with Crippen LogP contribution < -0.4 is 31.6 Å². The lowest BCUT2D eigenvalue weighted by Crippen LogP contribution is -2.35. The molecule has 1 aromatic carbocycles. The maximum Gasteiger partial charge on any atom is 0.326 e. The second kappa shape index (κ2) is 11.3. The highest BCUT2D eigenvalue weighted by Crippen LogP contribution is 2.23. The molecule has 0 spiro atoms. The van der Waals surface area contributed by atoms with Crippen LogP contribution in [-0.4, -0.2) is 67.0 Å². The number of urea groups is 1. The predicted octanol–water partition coefficient (Wildman–Crippen LogP) is 1.58. The molecule has 3 rings (SSSR count). The Hall–Kier alpha value is -3.18. The van der Waals surface area contributed by atoms with Crippen LogP contribution in [0.5, 0.6) is 5.75 Å². The SMILES string of the molecule is NCCCN1CCCN(c2c[nH]c(NC(=O)Nc3ccccc3OCF)nc2=O)CC1. The molecule has 0 unspecified atom stereocenters. The highest BCUT2D eigenvalue weighted by molar-refractivity contribution is 5.99. The van der Waals surface area contributed by atoms with Crippen molar-refractivity contribution in [3.63, 3.8) is 0 Å². The number of hydrogen-bond donors (Lipinski definition) is 4. The summed E-state index contributed by atoms with van der Waals surface area (Å²) in [6.07, 6.45) is 3.45. The summed E-state index contributed by atoms with van der Waals surface area (Å²) >= 11 is 0. The van der Waals surface area contributed by atoms with E-state index < -0.39 is 18.5 Å². The standard InChI is InChI=1S/C20H28FN7O3/c21-14-31-17-6-2-1-5-15(17)24-20(30)26-19-23-13-16(18(29)25-19)28-10-4-9-27(11-12-28)8-3-7-22/h1-2,5-6,13H,3-4,7-12,14,22H2,(H3,23,24,25,26,29,30). The van der Waals surface area contributed by atoms with Gasteiger partial charge in [-0.05, 0) is 44.6 Å². The van der Waals surface area contributed by atoms with Crippen molar-refractivity contribution in [2.75, 3.05) is 61.7 Å². The minimum absolute atomic E-state index is 0.00883. The molecule has 2 amide bonds. The van der Waals surface area contributed by atoms with Crippen LogP contribution in [-0.2, 0) is 0 Å². The van der Waals surface area contributed by atoms with Gasteiger partial charge in [0.2, 0.25) is 12.8 Å². The van der Waals surface area contributed by atoms with Crippen LogP contribution in [0.25, 0.3) is 0 Å². The van der Waals surface area contributed by atoms with E-state index in [2.05, 4.69) is 25.5 Å². The minimum atomic E-state index is -1.02. The zero-order chi connectivity index (χ0) is 22.1. The number of amides is 2. The maximum absolute atomic E-state index is 12.5. The van der Waals surface area contributed by atoms with E-state index in [1.807, 2.05) is 4.90 Å². The molecule has 0 radical (unpaired) electrons. The predicted molar refractivity (Wildman–Crippen MR) is 117 cm³/mol. The third-order valence-corrected chi connectivity index (χ3v) is 4.96. The van der Waals surface area contributed by atoms with Crippen molar-refractivity contribution in [2.24, 2.45) is 5.73 Å². The number of aromatic amines is 1. The second-order valence-corrected chi connectivity index (χ2v) is 7.09. The Morgan fingerprint density at radius 2 is 2.06 bits per heavy atom. The summed E-state index contributed by atoms with van der Waals surface area (Å²) in [4.78, 5) is 35.9. The van der Waals surface area contributed by atoms with Gasteiger partial charge in [-0.25, -0.2) is 9.18 Å². The third-order valence-electron chi connectivity index (χ3n) is 4.96. The van der Waals surface area contributed by atoms with Gasteiger partial charge in [-0.1, -0.05) is 12.1 Å². The van der Waals surface area contributed by atoms with Crippen molar-refractivity contribution < 1.29 is 13.9 Å².